The van der Waals surface area contributed by atoms with Crippen LogP contribution in [0.25, 0.3) is 10.8 Å². The lowest BCUT2D eigenvalue weighted by Crippen LogP contribution is -2.01. The zero-order valence-electron chi connectivity index (χ0n) is 9.84. The number of nitrogen functional groups attached to an aromatic ring is 1. The van der Waals surface area contributed by atoms with Crippen molar-refractivity contribution in [3.8, 4) is 0 Å². The van der Waals surface area contributed by atoms with Gasteiger partial charge in [0, 0.05) is 23.5 Å². The first-order chi connectivity index (χ1) is 9.25. The second-order valence-corrected chi connectivity index (χ2v) is 4.31. The minimum atomic E-state index is 0.232. The Kier molecular flexibility index (Phi) is 2.89. The Morgan fingerprint density at radius 1 is 1.16 bits per heavy atom. The molecule has 0 aliphatic rings. The predicted molar refractivity (Wildman–Crippen MR) is 76.5 cm³/mol. The van der Waals surface area contributed by atoms with E-state index in [1.54, 1.807) is 12.4 Å². The first kappa shape index (κ1) is 11.7. The monoisotopic (exact) mass is 271 g/mol. The molecule has 0 spiro atoms. The number of benzene rings is 1. The van der Waals surface area contributed by atoms with Crippen LogP contribution in [0.15, 0.2) is 43.0 Å². The molecule has 19 heavy (non-hydrogen) atoms. The number of hydrogen-bond donors (Lipinski definition) is 2. The van der Waals surface area contributed by atoms with E-state index < -0.39 is 0 Å². The molecule has 0 atom stereocenters. The molecule has 3 aromatic rings. The molecule has 0 bridgehead atoms. The second-order valence-electron chi connectivity index (χ2n) is 3.95. The number of nitrogens with one attached hydrogen (secondary N) is 1. The third-order valence-corrected chi connectivity index (χ3v) is 3.07. The normalized spacial score (nSPS) is 10.6. The molecular weight excluding hydrogens is 262 g/mol. The van der Waals surface area contributed by atoms with Crippen molar-refractivity contribution in [2.24, 2.45) is 0 Å². The van der Waals surface area contributed by atoms with Gasteiger partial charge in [-0.25, -0.2) is 9.97 Å². The van der Waals surface area contributed by atoms with E-state index in [1.165, 1.54) is 6.33 Å². The number of nitrogens with two attached hydrogens (primary N) is 1. The molecule has 5 nitrogen and oxygen atoms in total. The fraction of sp³-hybridized carbons (Fsp3) is 0. The lowest BCUT2D eigenvalue weighted by molar-refractivity contribution is 1.17. The van der Waals surface area contributed by atoms with E-state index in [0.717, 1.165) is 16.5 Å². The number of anilines is 3. The highest BCUT2D eigenvalue weighted by Gasteiger charge is 2.08. The number of rotatable bonds is 2. The molecule has 0 amide bonds. The molecule has 0 aliphatic heterocycles. The van der Waals surface area contributed by atoms with Gasteiger partial charge in [-0.1, -0.05) is 23.7 Å². The van der Waals surface area contributed by atoms with Gasteiger partial charge in [-0.2, -0.15) is 0 Å². The molecule has 3 rings (SSSR count). The van der Waals surface area contributed by atoms with Gasteiger partial charge in [-0.3, -0.25) is 4.98 Å². The van der Waals surface area contributed by atoms with E-state index in [2.05, 4.69) is 20.3 Å². The van der Waals surface area contributed by atoms with Gasteiger partial charge in [0.25, 0.3) is 0 Å². The average Bonchev–Trinajstić information content (AvgIpc) is 2.44. The Morgan fingerprint density at radius 3 is 2.95 bits per heavy atom. The molecular formula is C13H10ClN5. The summed E-state index contributed by atoms with van der Waals surface area (Å²) in [5.41, 5.74) is 7.03. The van der Waals surface area contributed by atoms with Crippen molar-refractivity contribution in [1.29, 1.82) is 0 Å². The van der Waals surface area contributed by atoms with Gasteiger partial charge in [0.15, 0.2) is 11.0 Å². The largest absolute Gasteiger partial charge is 0.393 e. The van der Waals surface area contributed by atoms with Crippen molar-refractivity contribution in [3.05, 3.63) is 48.1 Å². The number of hydrogen-bond acceptors (Lipinski definition) is 5. The zero-order valence-corrected chi connectivity index (χ0v) is 10.6. The van der Waals surface area contributed by atoms with Crippen LogP contribution in [0.1, 0.15) is 0 Å². The molecule has 3 N–H and O–H groups in total. The summed E-state index contributed by atoms with van der Waals surface area (Å²) in [5.74, 6) is 0.483. The summed E-state index contributed by atoms with van der Waals surface area (Å²) >= 11 is 5.87. The van der Waals surface area contributed by atoms with Crippen molar-refractivity contribution < 1.29 is 0 Å². The number of pyridine rings is 1. The first-order valence-electron chi connectivity index (χ1n) is 5.61. The van der Waals surface area contributed by atoms with Crippen LogP contribution in [0.3, 0.4) is 0 Å². The fourth-order valence-electron chi connectivity index (χ4n) is 1.82. The van der Waals surface area contributed by atoms with Crippen LogP contribution in [0.5, 0.6) is 0 Å². The Bertz CT molecular complexity index is 739. The number of nitrogens with zero attached hydrogens (tertiary/aromatic N) is 3. The van der Waals surface area contributed by atoms with Crippen LogP contribution in [0, 0.1) is 0 Å². The van der Waals surface area contributed by atoms with E-state index in [-0.39, 0.29) is 5.15 Å². The van der Waals surface area contributed by atoms with E-state index in [0.29, 0.717) is 11.5 Å². The Labute approximate surface area is 114 Å². The van der Waals surface area contributed by atoms with E-state index in [4.69, 9.17) is 17.3 Å². The van der Waals surface area contributed by atoms with E-state index >= 15 is 0 Å². The SMILES string of the molecule is Nc1c(Cl)ncnc1Nc1cccc2ccncc12. The van der Waals surface area contributed by atoms with Crippen molar-refractivity contribution in [1.82, 2.24) is 15.0 Å². The van der Waals surface area contributed by atoms with Crippen molar-refractivity contribution in [2.75, 3.05) is 11.1 Å². The molecule has 0 saturated carbocycles. The van der Waals surface area contributed by atoms with Gasteiger partial charge in [0.2, 0.25) is 0 Å². The first-order valence-corrected chi connectivity index (χ1v) is 5.99. The zero-order chi connectivity index (χ0) is 13.2. The van der Waals surface area contributed by atoms with Crippen LogP contribution < -0.4 is 11.1 Å². The molecule has 0 aliphatic carbocycles. The maximum absolute atomic E-state index is 5.87. The van der Waals surface area contributed by atoms with Crippen LogP contribution in [0.4, 0.5) is 17.2 Å². The standard InChI is InChI=1S/C13H10ClN5/c14-12-11(15)13(18-7-17-12)19-10-3-1-2-8-4-5-16-6-9(8)10/h1-7H,15H2,(H,17,18,19). The summed E-state index contributed by atoms with van der Waals surface area (Å²) < 4.78 is 0. The van der Waals surface area contributed by atoms with Gasteiger partial charge >= 0.3 is 0 Å². The van der Waals surface area contributed by atoms with Gasteiger partial charge in [0.05, 0.1) is 0 Å². The molecule has 0 radical (unpaired) electrons. The summed E-state index contributed by atoms with van der Waals surface area (Å²) in [6.45, 7) is 0. The van der Waals surface area contributed by atoms with E-state index in [1.807, 2.05) is 24.3 Å². The van der Waals surface area contributed by atoms with Gasteiger partial charge in [-0.05, 0) is 17.5 Å². The Balaban J connectivity index is 2.09. The number of halogens is 1. The molecule has 94 valence electrons. The summed E-state index contributed by atoms with van der Waals surface area (Å²) in [5, 5.41) is 5.46. The minimum Gasteiger partial charge on any atom is -0.393 e. The smallest absolute Gasteiger partial charge is 0.158 e. The molecule has 0 unspecified atom stereocenters. The summed E-state index contributed by atoms with van der Waals surface area (Å²) in [4.78, 5) is 12.0. The Hall–Kier alpha value is -2.40. The second kappa shape index (κ2) is 4.70. The summed E-state index contributed by atoms with van der Waals surface area (Å²) in [6.07, 6.45) is 4.91. The van der Waals surface area contributed by atoms with Crippen molar-refractivity contribution >= 4 is 39.6 Å². The number of fused-ring (bicyclic) bond motifs is 1. The van der Waals surface area contributed by atoms with Crippen LogP contribution in [-0.2, 0) is 0 Å². The molecule has 2 heterocycles. The molecule has 0 fully saturated rings. The fourth-order valence-corrected chi connectivity index (χ4v) is 1.96. The number of aromatic nitrogens is 3. The third-order valence-electron chi connectivity index (χ3n) is 2.77. The minimum absolute atomic E-state index is 0.232. The van der Waals surface area contributed by atoms with E-state index in [9.17, 15) is 0 Å². The van der Waals surface area contributed by atoms with Gasteiger partial charge < -0.3 is 11.1 Å². The predicted octanol–water partition coefficient (Wildman–Crippen LogP) is 3.00. The average molecular weight is 272 g/mol. The van der Waals surface area contributed by atoms with Gasteiger partial charge in [0.1, 0.15) is 12.0 Å². The topological polar surface area (TPSA) is 76.7 Å². The lowest BCUT2D eigenvalue weighted by atomic mass is 10.1. The highest BCUT2D eigenvalue weighted by molar-refractivity contribution is 6.32. The quantitative estimate of drug-likeness (QED) is 0.701. The van der Waals surface area contributed by atoms with Crippen LogP contribution >= 0.6 is 11.6 Å². The van der Waals surface area contributed by atoms with Crippen LogP contribution in [0.2, 0.25) is 5.15 Å². The Morgan fingerprint density at radius 2 is 2.05 bits per heavy atom. The van der Waals surface area contributed by atoms with Crippen molar-refractivity contribution in [3.63, 3.8) is 0 Å². The van der Waals surface area contributed by atoms with Crippen LogP contribution in [-0.4, -0.2) is 15.0 Å². The molecule has 0 saturated heterocycles. The maximum Gasteiger partial charge on any atom is 0.158 e. The third kappa shape index (κ3) is 2.15. The van der Waals surface area contributed by atoms with Crippen molar-refractivity contribution in [2.45, 2.75) is 0 Å². The van der Waals surface area contributed by atoms with Gasteiger partial charge in [-0.15, -0.1) is 0 Å². The lowest BCUT2D eigenvalue weighted by Gasteiger charge is -2.10. The highest BCUT2D eigenvalue weighted by Crippen LogP contribution is 2.29. The molecule has 6 heteroatoms. The maximum atomic E-state index is 5.87. The summed E-state index contributed by atoms with van der Waals surface area (Å²) in [7, 11) is 0. The highest BCUT2D eigenvalue weighted by atomic mass is 35.5. The summed E-state index contributed by atoms with van der Waals surface area (Å²) in [6, 6.07) is 7.83. The molecule has 1 aromatic carbocycles. The molecule has 2 aromatic heterocycles.